The molecule has 2 heterocycles. The van der Waals surface area contributed by atoms with Crippen LogP contribution < -0.4 is 4.74 Å². The van der Waals surface area contributed by atoms with Gasteiger partial charge in [-0.25, -0.2) is 8.42 Å². The Morgan fingerprint density at radius 1 is 1.10 bits per heavy atom. The minimum absolute atomic E-state index is 0.125. The molecule has 1 saturated heterocycles. The molecule has 158 valence electrons. The highest BCUT2D eigenvalue weighted by Crippen LogP contribution is 2.32. The van der Waals surface area contributed by atoms with Crippen molar-refractivity contribution in [3.63, 3.8) is 0 Å². The lowest BCUT2D eigenvalue weighted by molar-refractivity contribution is 0.286. The van der Waals surface area contributed by atoms with E-state index in [2.05, 4.69) is 10.2 Å². The van der Waals surface area contributed by atoms with Gasteiger partial charge >= 0.3 is 0 Å². The fraction of sp³-hybridized carbons (Fsp3) is 0.364. The molecule has 7 nitrogen and oxygen atoms in total. The van der Waals surface area contributed by atoms with Gasteiger partial charge in [0.05, 0.1) is 17.9 Å². The molecule has 4 rings (SSSR count). The maximum Gasteiger partial charge on any atom is 0.247 e. The van der Waals surface area contributed by atoms with Gasteiger partial charge in [-0.1, -0.05) is 17.7 Å². The molecule has 0 aliphatic carbocycles. The average molecular weight is 428 g/mol. The van der Waals surface area contributed by atoms with Crippen LogP contribution in [0.3, 0.4) is 0 Å². The molecule has 1 aliphatic rings. The average Bonchev–Trinajstić information content (AvgIpc) is 3.24. The topological polar surface area (TPSA) is 85.5 Å². The Bertz CT molecular complexity index is 1140. The van der Waals surface area contributed by atoms with Crippen LogP contribution in [0.1, 0.15) is 35.8 Å². The molecule has 0 N–H and O–H groups in total. The highest BCUT2D eigenvalue weighted by molar-refractivity contribution is 7.89. The van der Waals surface area contributed by atoms with Gasteiger partial charge in [-0.2, -0.15) is 4.31 Å². The van der Waals surface area contributed by atoms with E-state index < -0.39 is 10.0 Å². The van der Waals surface area contributed by atoms with Crippen LogP contribution in [0.5, 0.6) is 5.75 Å². The number of hydrogen-bond acceptors (Lipinski definition) is 6. The van der Waals surface area contributed by atoms with Gasteiger partial charge in [0.1, 0.15) is 5.75 Å². The van der Waals surface area contributed by atoms with Crippen LogP contribution in [0.4, 0.5) is 0 Å². The molecular formula is C22H25N3O4S. The van der Waals surface area contributed by atoms with Crippen molar-refractivity contribution in [3.8, 4) is 17.2 Å². The van der Waals surface area contributed by atoms with E-state index in [0.717, 1.165) is 29.5 Å². The van der Waals surface area contributed by atoms with Crippen LogP contribution in [0.15, 0.2) is 51.8 Å². The minimum atomic E-state index is -3.61. The Balaban J connectivity index is 1.54. The van der Waals surface area contributed by atoms with Gasteiger partial charge in [0, 0.05) is 18.7 Å². The molecule has 1 unspecified atom stereocenters. The molecule has 1 aromatic heterocycles. The van der Waals surface area contributed by atoms with E-state index >= 15 is 0 Å². The molecule has 0 amide bonds. The largest absolute Gasteiger partial charge is 0.496 e. The first-order valence-electron chi connectivity index (χ1n) is 9.93. The smallest absolute Gasteiger partial charge is 0.247 e. The number of ether oxygens (including phenoxy) is 1. The van der Waals surface area contributed by atoms with Crippen molar-refractivity contribution < 1.29 is 17.6 Å². The summed E-state index contributed by atoms with van der Waals surface area (Å²) in [5.74, 6) is 1.48. The van der Waals surface area contributed by atoms with E-state index in [0.29, 0.717) is 30.6 Å². The molecule has 0 bridgehead atoms. The summed E-state index contributed by atoms with van der Waals surface area (Å²) >= 11 is 0. The molecule has 0 radical (unpaired) electrons. The Kier molecular flexibility index (Phi) is 5.62. The van der Waals surface area contributed by atoms with Crippen molar-refractivity contribution in [2.75, 3.05) is 20.2 Å². The summed E-state index contributed by atoms with van der Waals surface area (Å²) in [7, 11) is -2.04. The molecule has 0 saturated carbocycles. The lowest BCUT2D eigenvalue weighted by Gasteiger charge is -2.30. The van der Waals surface area contributed by atoms with Crippen LogP contribution in [0.25, 0.3) is 11.5 Å². The fourth-order valence-corrected chi connectivity index (χ4v) is 5.34. The number of sulfonamides is 1. The molecule has 0 spiro atoms. The first-order chi connectivity index (χ1) is 14.4. The summed E-state index contributed by atoms with van der Waals surface area (Å²) in [4.78, 5) is 0.271. The second-order valence-electron chi connectivity index (χ2n) is 7.65. The van der Waals surface area contributed by atoms with Crippen molar-refractivity contribution >= 4 is 10.0 Å². The molecule has 1 aliphatic heterocycles. The molecule has 3 aromatic rings. The van der Waals surface area contributed by atoms with Gasteiger partial charge < -0.3 is 9.15 Å². The summed E-state index contributed by atoms with van der Waals surface area (Å²) in [5, 5.41) is 8.38. The number of rotatable bonds is 5. The normalized spacial score (nSPS) is 17.8. The van der Waals surface area contributed by atoms with Crippen molar-refractivity contribution in [3.05, 3.63) is 59.5 Å². The number of piperidine rings is 1. The zero-order valence-corrected chi connectivity index (χ0v) is 18.1. The van der Waals surface area contributed by atoms with Crippen molar-refractivity contribution in [1.29, 1.82) is 0 Å². The van der Waals surface area contributed by atoms with Crippen molar-refractivity contribution in [2.45, 2.75) is 37.5 Å². The van der Waals surface area contributed by atoms with Gasteiger partial charge in [-0.3, -0.25) is 0 Å². The maximum atomic E-state index is 13.2. The predicted molar refractivity (Wildman–Crippen MR) is 113 cm³/mol. The van der Waals surface area contributed by atoms with Crippen LogP contribution >= 0.6 is 0 Å². The fourth-order valence-electron chi connectivity index (χ4n) is 3.74. The van der Waals surface area contributed by atoms with Gasteiger partial charge in [-0.15, -0.1) is 10.2 Å². The van der Waals surface area contributed by atoms with Crippen LogP contribution in [-0.4, -0.2) is 43.1 Å². The SMILES string of the molecule is COc1ccc(S(=O)(=O)N2CCCC(c3nnc(-c4ccc(C)cc4)o3)C2)cc1C. The summed E-state index contributed by atoms with van der Waals surface area (Å²) in [6.07, 6.45) is 1.55. The van der Waals surface area contributed by atoms with Crippen molar-refractivity contribution in [1.82, 2.24) is 14.5 Å². The highest BCUT2D eigenvalue weighted by Gasteiger charge is 2.33. The first-order valence-corrected chi connectivity index (χ1v) is 11.4. The van der Waals surface area contributed by atoms with Gasteiger partial charge in [0.15, 0.2) is 0 Å². The van der Waals surface area contributed by atoms with Gasteiger partial charge in [-0.05, 0) is 62.6 Å². The van der Waals surface area contributed by atoms with E-state index in [1.807, 2.05) is 38.1 Å². The minimum Gasteiger partial charge on any atom is -0.496 e. The Morgan fingerprint density at radius 3 is 2.57 bits per heavy atom. The number of methoxy groups -OCH3 is 1. The quantitative estimate of drug-likeness (QED) is 0.613. The van der Waals surface area contributed by atoms with Crippen LogP contribution in [-0.2, 0) is 10.0 Å². The van der Waals surface area contributed by atoms with Crippen LogP contribution in [0, 0.1) is 13.8 Å². The van der Waals surface area contributed by atoms with E-state index in [1.165, 1.54) is 4.31 Å². The Morgan fingerprint density at radius 2 is 1.87 bits per heavy atom. The first kappa shape index (κ1) is 20.6. The third-order valence-electron chi connectivity index (χ3n) is 5.48. The number of aromatic nitrogens is 2. The summed E-state index contributed by atoms with van der Waals surface area (Å²) in [6, 6.07) is 12.8. The predicted octanol–water partition coefficient (Wildman–Crippen LogP) is 3.93. The van der Waals surface area contributed by atoms with E-state index in [-0.39, 0.29) is 10.8 Å². The van der Waals surface area contributed by atoms with E-state index in [1.54, 1.807) is 25.3 Å². The second kappa shape index (κ2) is 8.20. The van der Waals surface area contributed by atoms with Gasteiger partial charge in [0.25, 0.3) is 0 Å². The lowest BCUT2D eigenvalue weighted by atomic mass is 10.00. The molecular weight excluding hydrogens is 402 g/mol. The van der Waals surface area contributed by atoms with Gasteiger partial charge in [0.2, 0.25) is 21.8 Å². The zero-order chi connectivity index (χ0) is 21.3. The molecule has 2 aromatic carbocycles. The third kappa shape index (κ3) is 3.97. The second-order valence-corrected chi connectivity index (χ2v) is 9.58. The molecule has 1 fully saturated rings. The lowest BCUT2D eigenvalue weighted by Crippen LogP contribution is -2.39. The van der Waals surface area contributed by atoms with E-state index in [9.17, 15) is 8.42 Å². The Hall–Kier alpha value is -2.71. The standard InChI is InChI=1S/C22H25N3O4S/c1-15-6-8-17(9-7-15)21-23-24-22(29-21)18-5-4-12-25(14-18)30(26,27)19-10-11-20(28-3)16(2)13-19/h6-11,13,18H,4-5,12,14H2,1-3H3. The number of nitrogens with zero attached hydrogens (tertiary/aromatic N) is 3. The monoisotopic (exact) mass is 427 g/mol. The summed E-state index contributed by atoms with van der Waals surface area (Å²) < 4.78 is 39.0. The summed E-state index contributed by atoms with van der Waals surface area (Å²) in [6.45, 7) is 4.65. The summed E-state index contributed by atoms with van der Waals surface area (Å²) in [5.41, 5.74) is 2.79. The number of benzene rings is 2. The Labute approximate surface area is 176 Å². The highest BCUT2D eigenvalue weighted by atomic mass is 32.2. The van der Waals surface area contributed by atoms with E-state index in [4.69, 9.17) is 9.15 Å². The van der Waals surface area contributed by atoms with Crippen LogP contribution in [0.2, 0.25) is 0 Å². The number of aryl methyl sites for hydroxylation is 2. The molecule has 8 heteroatoms. The van der Waals surface area contributed by atoms with Crippen molar-refractivity contribution in [2.24, 2.45) is 0 Å². The zero-order valence-electron chi connectivity index (χ0n) is 17.3. The molecule has 30 heavy (non-hydrogen) atoms. The molecule has 1 atom stereocenters. The number of hydrogen-bond donors (Lipinski definition) is 0. The maximum absolute atomic E-state index is 13.2. The third-order valence-corrected chi connectivity index (χ3v) is 7.34.